The molecule has 6 nitrogen and oxygen atoms in total. The van der Waals surface area contributed by atoms with Gasteiger partial charge in [0.15, 0.2) is 0 Å². The molecule has 27 heavy (non-hydrogen) atoms. The molecule has 0 atom stereocenters. The van der Waals surface area contributed by atoms with Crippen molar-refractivity contribution in [2.24, 2.45) is 4.40 Å². The van der Waals surface area contributed by atoms with E-state index in [4.69, 9.17) is 0 Å². The van der Waals surface area contributed by atoms with E-state index < -0.39 is 10.0 Å². The summed E-state index contributed by atoms with van der Waals surface area (Å²) in [5.74, 6) is 0.355. The molecule has 1 aliphatic heterocycles. The number of carbonyl (C=O) groups is 1. The number of amidine groups is 1. The quantitative estimate of drug-likeness (QED) is 0.757. The van der Waals surface area contributed by atoms with Crippen LogP contribution in [0.15, 0.2) is 62.3 Å². The Balaban J connectivity index is 1.73. The molecular formula is C19H20BrN3O3S. The van der Waals surface area contributed by atoms with Crippen molar-refractivity contribution in [3.05, 3.63) is 58.6 Å². The first-order chi connectivity index (χ1) is 12.8. The van der Waals surface area contributed by atoms with E-state index in [2.05, 4.69) is 25.6 Å². The van der Waals surface area contributed by atoms with Crippen molar-refractivity contribution in [2.45, 2.75) is 24.2 Å². The number of benzene rings is 2. The molecule has 0 bridgehead atoms. The molecule has 0 aromatic heterocycles. The lowest BCUT2D eigenvalue weighted by atomic mass is 10.1. The van der Waals surface area contributed by atoms with E-state index in [0.717, 1.165) is 23.0 Å². The first kappa shape index (κ1) is 19.6. The van der Waals surface area contributed by atoms with Gasteiger partial charge < -0.3 is 10.2 Å². The highest BCUT2D eigenvalue weighted by Crippen LogP contribution is 2.20. The summed E-state index contributed by atoms with van der Waals surface area (Å²) in [7, 11) is -1.98. The van der Waals surface area contributed by atoms with Gasteiger partial charge in [0.2, 0.25) is 5.91 Å². The van der Waals surface area contributed by atoms with Crippen molar-refractivity contribution in [3.8, 4) is 0 Å². The van der Waals surface area contributed by atoms with Crippen LogP contribution in [0.4, 0.5) is 5.69 Å². The summed E-state index contributed by atoms with van der Waals surface area (Å²) in [5.41, 5.74) is 1.30. The monoisotopic (exact) mass is 449 g/mol. The molecule has 1 heterocycles. The highest BCUT2D eigenvalue weighted by atomic mass is 79.9. The van der Waals surface area contributed by atoms with Crippen LogP contribution in [0.3, 0.4) is 0 Å². The van der Waals surface area contributed by atoms with Gasteiger partial charge in [-0.1, -0.05) is 34.1 Å². The van der Waals surface area contributed by atoms with Gasteiger partial charge in [-0.2, -0.15) is 8.42 Å². The van der Waals surface area contributed by atoms with Gasteiger partial charge in [0.1, 0.15) is 5.84 Å². The summed E-state index contributed by atoms with van der Waals surface area (Å²) < 4.78 is 30.0. The molecule has 1 amide bonds. The van der Waals surface area contributed by atoms with E-state index in [0.29, 0.717) is 17.9 Å². The van der Waals surface area contributed by atoms with Crippen molar-refractivity contribution < 1.29 is 13.2 Å². The number of sulfonamides is 1. The minimum Gasteiger partial charge on any atom is -0.362 e. The molecule has 8 heteroatoms. The zero-order valence-electron chi connectivity index (χ0n) is 14.9. The zero-order chi connectivity index (χ0) is 19.4. The standard InChI is InChI=1S/C19H20BrN3O3S/c1-23-11-3-6-18(23)22-27(25,26)17-5-2-4-16(13-17)21-19(24)12-14-7-9-15(20)10-8-14/h2,4-5,7-10,13H,3,6,11-12H2,1H3,(H,21,24)/b22-18-. The van der Waals surface area contributed by atoms with E-state index in [-0.39, 0.29) is 17.2 Å². The average molecular weight is 450 g/mol. The molecule has 1 N–H and O–H groups in total. The van der Waals surface area contributed by atoms with Gasteiger partial charge in [0, 0.05) is 30.2 Å². The Hall–Kier alpha value is -2.19. The zero-order valence-corrected chi connectivity index (χ0v) is 17.3. The highest BCUT2D eigenvalue weighted by Gasteiger charge is 2.20. The van der Waals surface area contributed by atoms with E-state index in [1.807, 2.05) is 36.2 Å². The summed E-state index contributed by atoms with van der Waals surface area (Å²) in [6, 6.07) is 13.6. The van der Waals surface area contributed by atoms with Gasteiger partial charge in [-0.25, -0.2) is 0 Å². The molecule has 1 fully saturated rings. The number of amides is 1. The van der Waals surface area contributed by atoms with Crippen LogP contribution in [0.2, 0.25) is 0 Å². The number of nitrogens with one attached hydrogen (secondary N) is 1. The third-order valence-electron chi connectivity index (χ3n) is 4.25. The van der Waals surface area contributed by atoms with Crippen LogP contribution < -0.4 is 5.32 Å². The summed E-state index contributed by atoms with van der Waals surface area (Å²) in [6.07, 6.45) is 1.76. The van der Waals surface area contributed by atoms with Crippen molar-refractivity contribution in [1.29, 1.82) is 0 Å². The fourth-order valence-electron chi connectivity index (χ4n) is 2.83. The summed E-state index contributed by atoms with van der Waals surface area (Å²) >= 11 is 3.36. The van der Waals surface area contributed by atoms with Crippen molar-refractivity contribution in [3.63, 3.8) is 0 Å². The van der Waals surface area contributed by atoms with Gasteiger partial charge in [-0.05, 0) is 42.3 Å². The fraction of sp³-hybridized carbons (Fsp3) is 0.263. The SMILES string of the molecule is CN1CCC/C1=N/S(=O)(=O)c1cccc(NC(=O)Cc2ccc(Br)cc2)c1. The molecular weight excluding hydrogens is 430 g/mol. The molecule has 3 rings (SSSR count). The molecule has 0 radical (unpaired) electrons. The van der Waals surface area contributed by atoms with E-state index in [1.165, 1.54) is 12.1 Å². The first-order valence-corrected chi connectivity index (χ1v) is 10.8. The molecule has 2 aromatic rings. The minimum atomic E-state index is -3.81. The number of likely N-dealkylation sites (tertiary alicyclic amines) is 1. The van der Waals surface area contributed by atoms with Crippen molar-refractivity contribution >= 4 is 43.4 Å². The predicted molar refractivity (Wildman–Crippen MR) is 109 cm³/mol. The lowest BCUT2D eigenvalue weighted by Gasteiger charge is -2.11. The van der Waals surface area contributed by atoms with E-state index >= 15 is 0 Å². The topological polar surface area (TPSA) is 78.8 Å². The van der Waals surface area contributed by atoms with Gasteiger partial charge in [-0.15, -0.1) is 4.40 Å². The van der Waals surface area contributed by atoms with Gasteiger partial charge in [0.05, 0.1) is 11.3 Å². The second kappa shape index (κ2) is 8.22. The van der Waals surface area contributed by atoms with Crippen LogP contribution in [0.5, 0.6) is 0 Å². The van der Waals surface area contributed by atoms with Gasteiger partial charge >= 0.3 is 0 Å². The van der Waals surface area contributed by atoms with Crippen LogP contribution in [-0.4, -0.2) is 38.7 Å². The first-order valence-electron chi connectivity index (χ1n) is 8.53. The van der Waals surface area contributed by atoms with Crippen LogP contribution in [-0.2, 0) is 21.2 Å². The predicted octanol–water partition coefficient (Wildman–Crippen LogP) is 3.44. The Kier molecular flexibility index (Phi) is 5.96. The molecule has 142 valence electrons. The van der Waals surface area contributed by atoms with Crippen molar-refractivity contribution in [2.75, 3.05) is 18.9 Å². The number of anilines is 1. The number of hydrogen-bond acceptors (Lipinski definition) is 3. The van der Waals surface area contributed by atoms with Crippen LogP contribution in [0.25, 0.3) is 0 Å². The smallest absolute Gasteiger partial charge is 0.284 e. The molecule has 1 saturated heterocycles. The average Bonchev–Trinajstić information content (AvgIpc) is 3.01. The van der Waals surface area contributed by atoms with Crippen LogP contribution in [0.1, 0.15) is 18.4 Å². The van der Waals surface area contributed by atoms with E-state index in [9.17, 15) is 13.2 Å². The second-order valence-corrected chi connectivity index (χ2v) is 8.91. The summed E-state index contributed by atoms with van der Waals surface area (Å²) in [4.78, 5) is 14.2. The Bertz CT molecular complexity index is 972. The third-order valence-corrected chi connectivity index (χ3v) is 6.08. The lowest BCUT2D eigenvalue weighted by molar-refractivity contribution is -0.115. The maximum Gasteiger partial charge on any atom is 0.284 e. The number of hydrogen-bond donors (Lipinski definition) is 1. The number of halogens is 1. The third kappa shape index (κ3) is 5.17. The Labute approximate surface area is 167 Å². The largest absolute Gasteiger partial charge is 0.362 e. The van der Waals surface area contributed by atoms with Crippen LogP contribution >= 0.6 is 15.9 Å². The molecule has 0 spiro atoms. The highest BCUT2D eigenvalue weighted by molar-refractivity contribution is 9.10. The Morgan fingerprint density at radius 2 is 1.96 bits per heavy atom. The molecule has 0 aliphatic carbocycles. The normalized spacial score (nSPS) is 15.9. The maximum atomic E-state index is 12.6. The minimum absolute atomic E-state index is 0.0664. The maximum absolute atomic E-state index is 12.6. The lowest BCUT2D eigenvalue weighted by Crippen LogP contribution is -2.20. The number of carbonyl (C=O) groups excluding carboxylic acids is 1. The van der Waals surface area contributed by atoms with Crippen molar-refractivity contribution in [1.82, 2.24) is 4.90 Å². The van der Waals surface area contributed by atoms with Gasteiger partial charge in [0.25, 0.3) is 10.0 Å². The number of nitrogens with zero attached hydrogens (tertiary/aromatic N) is 2. The number of rotatable bonds is 5. The fourth-order valence-corrected chi connectivity index (χ4v) is 4.23. The molecule has 1 aliphatic rings. The van der Waals surface area contributed by atoms with Gasteiger partial charge in [-0.3, -0.25) is 4.79 Å². The molecule has 0 unspecified atom stereocenters. The molecule has 2 aromatic carbocycles. The van der Waals surface area contributed by atoms with E-state index in [1.54, 1.807) is 12.1 Å². The summed E-state index contributed by atoms with van der Waals surface area (Å²) in [6.45, 7) is 0.806. The molecule has 0 saturated carbocycles. The van der Waals surface area contributed by atoms with Crippen LogP contribution in [0, 0.1) is 0 Å². The second-order valence-electron chi connectivity index (χ2n) is 6.39. The Morgan fingerprint density at radius 3 is 2.63 bits per heavy atom. The summed E-state index contributed by atoms with van der Waals surface area (Å²) in [5, 5.41) is 2.75. The Morgan fingerprint density at radius 1 is 1.22 bits per heavy atom.